The number of halogens is 2. The van der Waals surface area contributed by atoms with Crippen molar-refractivity contribution in [3.63, 3.8) is 0 Å². The minimum atomic E-state index is -0.104. The molecule has 1 aliphatic heterocycles. The molecular weight excluding hydrogens is 377 g/mol. The molecule has 0 saturated heterocycles. The third-order valence-corrected chi connectivity index (χ3v) is 6.47. The van der Waals surface area contributed by atoms with Gasteiger partial charge < -0.3 is 0 Å². The summed E-state index contributed by atoms with van der Waals surface area (Å²) in [5.41, 5.74) is 2.83. The maximum absolute atomic E-state index is 3.54. The molecule has 0 saturated carbocycles. The van der Waals surface area contributed by atoms with Gasteiger partial charge in [-0.3, -0.25) is 0 Å². The van der Waals surface area contributed by atoms with E-state index < -0.39 is 0 Å². The molecule has 3 rings (SSSR count). The third kappa shape index (κ3) is 1.73. The Kier molecular flexibility index (Phi) is 2.53. The van der Waals surface area contributed by atoms with Gasteiger partial charge in [0.25, 0.3) is 0 Å². The zero-order valence-corrected chi connectivity index (χ0v) is 13.0. The van der Waals surface area contributed by atoms with Gasteiger partial charge in [0.15, 0.2) is 0 Å². The van der Waals surface area contributed by atoms with Gasteiger partial charge in [0.05, 0.1) is 0 Å². The molecule has 0 spiro atoms. The van der Waals surface area contributed by atoms with Crippen LogP contribution in [0.4, 0.5) is 0 Å². The minimum absolute atomic E-state index is 0.104. The van der Waals surface area contributed by atoms with Gasteiger partial charge in [-0.05, 0) is 0 Å². The number of benzene rings is 2. The average molecular weight is 383 g/mol. The fourth-order valence-corrected chi connectivity index (χ4v) is 5.31. The molecule has 1 aliphatic rings. The van der Waals surface area contributed by atoms with Crippen molar-refractivity contribution in [2.75, 3.05) is 0 Å². The zero-order chi connectivity index (χ0) is 10.4. The molecule has 0 bridgehead atoms. The second kappa shape index (κ2) is 3.75. The Bertz CT molecular complexity index is 500. The molecular formula is C12H6Br2Ge. The molecule has 2 radical (unpaired) electrons. The molecule has 0 amide bonds. The zero-order valence-electron chi connectivity index (χ0n) is 7.72. The number of rotatable bonds is 0. The van der Waals surface area contributed by atoms with Crippen LogP contribution >= 0.6 is 31.9 Å². The molecule has 0 atom stereocenters. The summed E-state index contributed by atoms with van der Waals surface area (Å²) in [6.45, 7) is 0. The number of hydrogen-bond donors (Lipinski definition) is 0. The summed E-state index contributed by atoms with van der Waals surface area (Å²) in [5.74, 6) is 0. The van der Waals surface area contributed by atoms with Crippen LogP contribution in [0.5, 0.6) is 0 Å². The molecule has 0 N–H and O–H groups in total. The van der Waals surface area contributed by atoms with Crippen LogP contribution in [0.1, 0.15) is 0 Å². The van der Waals surface area contributed by atoms with Crippen LogP contribution < -0.4 is 8.79 Å². The number of hydrogen-bond acceptors (Lipinski definition) is 0. The van der Waals surface area contributed by atoms with E-state index in [9.17, 15) is 0 Å². The van der Waals surface area contributed by atoms with Gasteiger partial charge in [0, 0.05) is 0 Å². The molecule has 0 fully saturated rings. The van der Waals surface area contributed by atoms with E-state index in [1.165, 1.54) is 20.1 Å². The summed E-state index contributed by atoms with van der Waals surface area (Å²) in [7, 11) is 0. The van der Waals surface area contributed by atoms with Gasteiger partial charge >= 0.3 is 113 Å². The van der Waals surface area contributed by atoms with Gasteiger partial charge in [-0.15, -0.1) is 0 Å². The first kappa shape index (κ1) is 10.1. The normalized spacial score (nSPS) is 12.4. The molecule has 0 unspecified atom stereocenters. The predicted octanol–water partition coefficient (Wildman–Crippen LogP) is 2.85. The Morgan fingerprint density at radius 3 is 1.67 bits per heavy atom. The molecule has 0 nitrogen and oxygen atoms in total. The van der Waals surface area contributed by atoms with Gasteiger partial charge in [-0.2, -0.15) is 0 Å². The van der Waals surface area contributed by atoms with E-state index in [4.69, 9.17) is 0 Å². The van der Waals surface area contributed by atoms with Crippen LogP contribution in [-0.4, -0.2) is 15.4 Å². The molecule has 0 aliphatic carbocycles. The standard InChI is InChI=1S/C12H6Br2Ge/c13-7-1-3-11-9(5-7)10-6-8(14)2-4-12(10)15-11/h1-6H. The molecule has 2 aromatic rings. The van der Waals surface area contributed by atoms with Crippen LogP contribution in [0.25, 0.3) is 11.1 Å². The SMILES string of the molecule is Brc1cc[c]2c(c1)-c1cc(Br)cc[c]1[Ge]2. The van der Waals surface area contributed by atoms with E-state index >= 15 is 0 Å². The van der Waals surface area contributed by atoms with Crippen LogP contribution in [0.2, 0.25) is 0 Å². The molecule has 2 aromatic carbocycles. The fourth-order valence-electron chi connectivity index (χ4n) is 1.84. The van der Waals surface area contributed by atoms with Crippen LogP contribution in [0, 0.1) is 0 Å². The van der Waals surface area contributed by atoms with Crippen molar-refractivity contribution in [2.24, 2.45) is 0 Å². The summed E-state index contributed by atoms with van der Waals surface area (Å²) >= 11 is 6.97. The van der Waals surface area contributed by atoms with Gasteiger partial charge in [-0.25, -0.2) is 0 Å². The van der Waals surface area contributed by atoms with Gasteiger partial charge in [0.1, 0.15) is 0 Å². The van der Waals surface area contributed by atoms with Crippen molar-refractivity contribution in [1.29, 1.82) is 0 Å². The summed E-state index contributed by atoms with van der Waals surface area (Å²) in [4.78, 5) is 0. The molecule has 3 heteroatoms. The van der Waals surface area contributed by atoms with Crippen molar-refractivity contribution in [2.45, 2.75) is 0 Å². The van der Waals surface area contributed by atoms with Crippen molar-refractivity contribution < 1.29 is 0 Å². The van der Waals surface area contributed by atoms with Crippen LogP contribution in [-0.2, 0) is 0 Å². The Balaban J connectivity index is 2.28. The fraction of sp³-hybridized carbons (Fsp3) is 0. The average Bonchev–Trinajstić information content (AvgIpc) is 2.56. The number of fused-ring (bicyclic) bond motifs is 3. The third-order valence-electron chi connectivity index (χ3n) is 2.52. The second-order valence-corrected chi connectivity index (χ2v) is 8.12. The maximum atomic E-state index is 3.54. The first-order chi connectivity index (χ1) is 7.24. The second-order valence-electron chi connectivity index (χ2n) is 3.50. The van der Waals surface area contributed by atoms with E-state index in [1.807, 2.05) is 0 Å². The Labute approximate surface area is 112 Å². The molecule has 15 heavy (non-hydrogen) atoms. The van der Waals surface area contributed by atoms with Crippen molar-refractivity contribution >= 4 is 56.1 Å². The van der Waals surface area contributed by atoms with E-state index in [0.717, 1.165) is 0 Å². The van der Waals surface area contributed by atoms with Crippen LogP contribution in [0.15, 0.2) is 45.3 Å². The predicted molar refractivity (Wildman–Crippen MR) is 72.3 cm³/mol. The first-order valence-electron chi connectivity index (χ1n) is 4.60. The van der Waals surface area contributed by atoms with Gasteiger partial charge in [0.2, 0.25) is 0 Å². The van der Waals surface area contributed by atoms with E-state index in [2.05, 4.69) is 68.3 Å². The van der Waals surface area contributed by atoms with Crippen molar-refractivity contribution in [3.8, 4) is 11.1 Å². The van der Waals surface area contributed by atoms with E-state index in [1.54, 1.807) is 8.79 Å². The quantitative estimate of drug-likeness (QED) is 0.525. The monoisotopic (exact) mass is 382 g/mol. The van der Waals surface area contributed by atoms with E-state index in [0.29, 0.717) is 0 Å². The molecule has 72 valence electrons. The Morgan fingerprint density at radius 2 is 1.20 bits per heavy atom. The molecule has 1 heterocycles. The summed E-state index contributed by atoms with van der Waals surface area (Å²) in [5, 5.41) is 0. The molecule has 0 aromatic heterocycles. The Hall–Kier alpha value is -0.0571. The first-order valence-corrected chi connectivity index (χ1v) is 8.29. The summed E-state index contributed by atoms with van der Waals surface area (Å²) in [6.07, 6.45) is 0. The van der Waals surface area contributed by atoms with Crippen LogP contribution in [0.3, 0.4) is 0 Å². The van der Waals surface area contributed by atoms with Crippen molar-refractivity contribution in [3.05, 3.63) is 45.3 Å². The summed E-state index contributed by atoms with van der Waals surface area (Å²) in [6, 6.07) is 13.3. The van der Waals surface area contributed by atoms with Crippen molar-refractivity contribution in [1.82, 2.24) is 0 Å². The van der Waals surface area contributed by atoms with Gasteiger partial charge in [-0.1, -0.05) is 0 Å². The Morgan fingerprint density at radius 1 is 0.733 bits per heavy atom. The topological polar surface area (TPSA) is 0 Å². The van der Waals surface area contributed by atoms with E-state index in [-0.39, 0.29) is 15.4 Å². The summed E-state index contributed by atoms with van der Waals surface area (Å²) < 4.78 is 5.43.